The molecule has 0 amide bonds. The smallest absolute Gasteiger partial charge is 0.240 e. The number of phenolic OH excluding ortho intramolecular Hbond substituents is 1. The van der Waals surface area contributed by atoms with Crippen LogP contribution in [0.5, 0.6) is 5.75 Å². The fraction of sp³-hybridized carbons (Fsp3) is 0. The summed E-state index contributed by atoms with van der Waals surface area (Å²) in [5, 5.41) is 13.8. The van der Waals surface area contributed by atoms with Gasteiger partial charge in [-0.25, -0.2) is 4.52 Å². The number of aromatic hydroxyl groups is 1. The molecule has 17 heavy (non-hydrogen) atoms. The predicted octanol–water partition coefficient (Wildman–Crippen LogP) is 1.08. The van der Waals surface area contributed by atoms with Gasteiger partial charge in [0.2, 0.25) is 5.95 Å². The first-order valence-corrected chi connectivity index (χ1v) is 5.01. The number of aromatic nitrogens is 4. The number of rotatable bonds is 1. The van der Waals surface area contributed by atoms with Crippen LogP contribution in [-0.2, 0) is 0 Å². The average molecular weight is 227 g/mol. The molecule has 0 saturated carbocycles. The van der Waals surface area contributed by atoms with E-state index >= 15 is 0 Å². The standard InChI is InChI=1S/C11H9N5O/c12-11-14-10-9(13-5-6-16(10)15-11)7-3-1-2-4-8(7)17/h1-6,17H,(H2,12,15). The maximum atomic E-state index is 9.80. The van der Waals surface area contributed by atoms with Crippen LogP contribution >= 0.6 is 0 Å². The highest BCUT2D eigenvalue weighted by Gasteiger charge is 2.12. The normalized spacial score (nSPS) is 10.8. The topological polar surface area (TPSA) is 89.3 Å². The second kappa shape index (κ2) is 3.44. The summed E-state index contributed by atoms with van der Waals surface area (Å²) in [5.74, 6) is 0.323. The van der Waals surface area contributed by atoms with Gasteiger partial charge in [-0.3, -0.25) is 4.98 Å². The molecule has 0 aliphatic carbocycles. The maximum absolute atomic E-state index is 9.80. The SMILES string of the molecule is Nc1nc2c(-c3ccccc3O)nccn2n1. The second-order valence-electron chi connectivity index (χ2n) is 3.53. The van der Waals surface area contributed by atoms with E-state index < -0.39 is 0 Å². The third kappa shape index (κ3) is 1.46. The lowest BCUT2D eigenvalue weighted by Crippen LogP contribution is -1.93. The number of anilines is 1. The zero-order valence-electron chi connectivity index (χ0n) is 8.78. The minimum absolute atomic E-state index is 0.148. The number of para-hydroxylation sites is 1. The number of hydrogen-bond acceptors (Lipinski definition) is 5. The molecule has 3 aromatic rings. The molecule has 0 saturated heterocycles. The van der Waals surface area contributed by atoms with E-state index in [0.717, 1.165) is 0 Å². The summed E-state index contributed by atoms with van der Waals surface area (Å²) < 4.78 is 1.53. The summed E-state index contributed by atoms with van der Waals surface area (Å²) in [6.07, 6.45) is 3.24. The largest absolute Gasteiger partial charge is 0.507 e. The molecular formula is C11H9N5O. The van der Waals surface area contributed by atoms with Gasteiger partial charge in [-0.15, -0.1) is 5.10 Å². The Morgan fingerprint density at radius 3 is 2.88 bits per heavy atom. The van der Waals surface area contributed by atoms with E-state index in [0.29, 0.717) is 16.9 Å². The molecule has 6 nitrogen and oxygen atoms in total. The van der Waals surface area contributed by atoms with Crippen LogP contribution in [0.15, 0.2) is 36.7 Å². The van der Waals surface area contributed by atoms with Crippen molar-refractivity contribution >= 4 is 11.6 Å². The van der Waals surface area contributed by atoms with Crippen molar-refractivity contribution in [1.82, 2.24) is 19.6 Å². The number of nitrogens with two attached hydrogens (primary N) is 1. The lowest BCUT2D eigenvalue weighted by Gasteiger charge is -2.03. The van der Waals surface area contributed by atoms with E-state index in [1.807, 2.05) is 6.07 Å². The van der Waals surface area contributed by atoms with E-state index in [9.17, 15) is 5.11 Å². The van der Waals surface area contributed by atoms with E-state index in [-0.39, 0.29) is 11.7 Å². The van der Waals surface area contributed by atoms with Crippen molar-refractivity contribution in [1.29, 1.82) is 0 Å². The van der Waals surface area contributed by atoms with Gasteiger partial charge in [-0.1, -0.05) is 12.1 Å². The molecule has 0 atom stereocenters. The average Bonchev–Trinajstić information content (AvgIpc) is 2.70. The fourth-order valence-corrected chi connectivity index (χ4v) is 1.70. The summed E-state index contributed by atoms with van der Waals surface area (Å²) in [6, 6.07) is 6.93. The van der Waals surface area contributed by atoms with Gasteiger partial charge in [0.15, 0.2) is 5.65 Å². The Morgan fingerprint density at radius 2 is 2.06 bits per heavy atom. The summed E-state index contributed by atoms with van der Waals surface area (Å²) in [5.41, 5.74) is 7.22. The fourth-order valence-electron chi connectivity index (χ4n) is 1.70. The number of fused-ring (bicyclic) bond motifs is 1. The van der Waals surface area contributed by atoms with Crippen molar-refractivity contribution in [3.05, 3.63) is 36.7 Å². The number of nitrogens with zero attached hydrogens (tertiary/aromatic N) is 4. The zero-order valence-corrected chi connectivity index (χ0v) is 8.78. The third-order valence-electron chi connectivity index (χ3n) is 2.43. The van der Waals surface area contributed by atoms with Crippen LogP contribution in [0.2, 0.25) is 0 Å². The lowest BCUT2D eigenvalue weighted by molar-refractivity contribution is 0.477. The van der Waals surface area contributed by atoms with E-state index in [2.05, 4.69) is 15.1 Å². The van der Waals surface area contributed by atoms with Crippen molar-refractivity contribution in [3.63, 3.8) is 0 Å². The highest BCUT2D eigenvalue weighted by molar-refractivity contribution is 5.77. The van der Waals surface area contributed by atoms with Crippen molar-refractivity contribution in [3.8, 4) is 17.0 Å². The zero-order chi connectivity index (χ0) is 11.8. The quantitative estimate of drug-likeness (QED) is 0.649. The molecule has 1 aromatic carbocycles. The lowest BCUT2D eigenvalue weighted by atomic mass is 10.1. The molecule has 3 N–H and O–H groups in total. The van der Waals surface area contributed by atoms with Gasteiger partial charge in [-0.2, -0.15) is 4.98 Å². The van der Waals surface area contributed by atoms with Gasteiger partial charge in [0.1, 0.15) is 11.4 Å². The van der Waals surface area contributed by atoms with Crippen LogP contribution < -0.4 is 5.73 Å². The first kappa shape index (κ1) is 9.59. The summed E-state index contributed by atoms with van der Waals surface area (Å²) in [6.45, 7) is 0. The first-order chi connectivity index (χ1) is 8.25. The van der Waals surface area contributed by atoms with Crippen molar-refractivity contribution in [2.45, 2.75) is 0 Å². The molecular weight excluding hydrogens is 218 g/mol. The van der Waals surface area contributed by atoms with E-state index in [1.165, 1.54) is 4.52 Å². The van der Waals surface area contributed by atoms with Gasteiger partial charge in [0.25, 0.3) is 0 Å². The number of phenols is 1. The molecule has 0 aliphatic heterocycles. The Bertz CT molecular complexity index is 691. The van der Waals surface area contributed by atoms with Crippen LogP contribution in [0.3, 0.4) is 0 Å². The van der Waals surface area contributed by atoms with E-state index in [1.54, 1.807) is 30.6 Å². The summed E-state index contributed by atoms with van der Waals surface area (Å²) >= 11 is 0. The van der Waals surface area contributed by atoms with Crippen LogP contribution in [0.1, 0.15) is 0 Å². The third-order valence-corrected chi connectivity index (χ3v) is 2.43. The van der Waals surface area contributed by atoms with Crippen molar-refractivity contribution in [2.24, 2.45) is 0 Å². The van der Waals surface area contributed by atoms with Gasteiger partial charge >= 0.3 is 0 Å². The van der Waals surface area contributed by atoms with Crippen LogP contribution in [0.25, 0.3) is 16.9 Å². The Hall–Kier alpha value is -2.63. The molecule has 0 radical (unpaired) electrons. The van der Waals surface area contributed by atoms with Gasteiger partial charge in [-0.05, 0) is 12.1 Å². The van der Waals surface area contributed by atoms with Crippen LogP contribution in [0, 0.1) is 0 Å². The number of nitrogen functional groups attached to an aromatic ring is 1. The van der Waals surface area contributed by atoms with Crippen LogP contribution in [0.4, 0.5) is 5.95 Å². The Morgan fingerprint density at radius 1 is 1.24 bits per heavy atom. The molecule has 2 heterocycles. The molecule has 6 heteroatoms. The minimum atomic E-state index is 0.148. The summed E-state index contributed by atoms with van der Waals surface area (Å²) in [4.78, 5) is 8.30. The first-order valence-electron chi connectivity index (χ1n) is 5.01. The number of hydrogen-bond donors (Lipinski definition) is 2. The monoisotopic (exact) mass is 227 g/mol. The molecule has 2 aromatic heterocycles. The molecule has 84 valence electrons. The predicted molar refractivity (Wildman–Crippen MR) is 62.3 cm³/mol. The molecule has 0 fully saturated rings. The molecule has 0 aliphatic rings. The van der Waals surface area contributed by atoms with Gasteiger partial charge in [0, 0.05) is 18.0 Å². The van der Waals surface area contributed by atoms with Gasteiger partial charge < -0.3 is 10.8 Å². The van der Waals surface area contributed by atoms with Crippen LogP contribution in [-0.4, -0.2) is 24.7 Å². The Kier molecular flexibility index (Phi) is 1.94. The maximum Gasteiger partial charge on any atom is 0.240 e. The highest BCUT2D eigenvalue weighted by atomic mass is 16.3. The van der Waals surface area contributed by atoms with Gasteiger partial charge in [0.05, 0.1) is 0 Å². The molecule has 0 unspecified atom stereocenters. The van der Waals surface area contributed by atoms with Crippen molar-refractivity contribution in [2.75, 3.05) is 5.73 Å². The highest BCUT2D eigenvalue weighted by Crippen LogP contribution is 2.29. The Labute approximate surface area is 96.4 Å². The molecule has 3 rings (SSSR count). The summed E-state index contributed by atoms with van der Waals surface area (Å²) in [7, 11) is 0. The second-order valence-corrected chi connectivity index (χ2v) is 3.53. The molecule has 0 spiro atoms. The number of benzene rings is 1. The Balaban J connectivity index is 2.34. The molecule has 0 bridgehead atoms. The minimum Gasteiger partial charge on any atom is -0.507 e. The van der Waals surface area contributed by atoms with Crippen molar-refractivity contribution < 1.29 is 5.11 Å². The van der Waals surface area contributed by atoms with E-state index in [4.69, 9.17) is 5.73 Å².